The van der Waals surface area contributed by atoms with Crippen molar-refractivity contribution in [2.45, 2.75) is 88.1 Å². The van der Waals surface area contributed by atoms with Gasteiger partial charge in [-0.25, -0.2) is 8.42 Å². The van der Waals surface area contributed by atoms with Crippen molar-refractivity contribution in [3.63, 3.8) is 0 Å². The van der Waals surface area contributed by atoms with Crippen molar-refractivity contribution in [3.05, 3.63) is 65.7 Å². The van der Waals surface area contributed by atoms with Gasteiger partial charge >= 0.3 is 6.18 Å². The average molecular weight is 608 g/mol. The first-order valence-corrected chi connectivity index (χ1v) is 16.3. The lowest BCUT2D eigenvalue weighted by Crippen LogP contribution is -2.53. The van der Waals surface area contributed by atoms with E-state index in [1.807, 2.05) is 0 Å². The van der Waals surface area contributed by atoms with Gasteiger partial charge in [-0.2, -0.15) is 13.2 Å². The van der Waals surface area contributed by atoms with Gasteiger partial charge in [-0.1, -0.05) is 31.2 Å². The number of likely N-dealkylation sites (tertiary alicyclic amines) is 1. The van der Waals surface area contributed by atoms with Crippen molar-refractivity contribution in [2.24, 2.45) is 5.92 Å². The summed E-state index contributed by atoms with van der Waals surface area (Å²) in [4.78, 5) is 30.8. The fourth-order valence-corrected chi connectivity index (χ4v) is 8.17. The molecular formula is C31H40F3N3O4S. The fraction of sp³-hybridized carbons (Fsp3) is 0.548. The van der Waals surface area contributed by atoms with Crippen LogP contribution in [-0.4, -0.2) is 73.0 Å². The third-order valence-electron chi connectivity index (χ3n) is 8.46. The molecule has 0 radical (unpaired) electrons. The number of carbonyl (C=O) groups excluding carboxylic acids is 2. The van der Waals surface area contributed by atoms with Crippen molar-refractivity contribution < 1.29 is 31.2 Å². The topological polar surface area (TPSA) is 86.8 Å². The molecule has 1 saturated carbocycles. The van der Waals surface area contributed by atoms with Gasteiger partial charge in [0.05, 0.1) is 16.2 Å². The van der Waals surface area contributed by atoms with Crippen molar-refractivity contribution in [1.29, 1.82) is 0 Å². The number of hydrogen-bond acceptors (Lipinski definition) is 5. The molecule has 1 aliphatic heterocycles. The maximum atomic E-state index is 13.6. The molecule has 230 valence electrons. The lowest BCUT2D eigenvalue weighted by atomic mass is 9.80. The molecule has 2 aliphatic rings. The van der Waals surface area contributed by atoms with Crippen molar-refractivity contribution in [2.75, 3.05) is 18.8 Å². The van der Waals surface area contributed by atoms with E-state index in [2.05, 4.69) is 31.0 Å². The van der Waals surface area contributed by atoms with Gasteiger partial charge in [0, 0.05) is 30.2 Å². The first kappa shape index (κ1) is 32.0. The van der Waals surface area contributed by atoms with E-state index >= 15 is 0 Å². The number of benzene rings is 2. The molecule has 1 saturated heterocycles. The second kappa shape index (κ2) is 13.2. The molecule has 0 spiro atoms. The van der Waals surface area contributed by atoms with E-state index in [4.69, 9.17) is 0 Å². The number of hydrogen-bond donors (Lipinski definition) is 1. The second-order valence-electron chi connectivity index (χ2n) is 11.6. The molecule has 2 aromatic carbocycles. The van der Waals surface area contributed by atoms with E-state index in [1.54, 1.807) is 35.2 Å². The zero-order chi connectivity index (χ0) is 30.7. The minimum Gasteiger partial charge on any atom is -0.340 e. The lowest BCUT2D eigenvalue weighted by molar-refractivity contribution is -0.137. The van der Waals surface area contributed by atoms with Crippen LogP contribution < -0.4 is 5.32 Å². The van der Waals surface area contributed by atoms with Gasteiger partial charge in [0.15, 0.2) is 9.84 Å². The summed E-state index contributed by atoms with van der Waals surface area (Å²) in [5.41, 5.74) is -1.11. The van der Waals surface area contributed by atoms with Crippen LogP contribution in [0.15, 0.2) is 59.5 Å². The Morgan fingerprint density at radius 1 is 1.07 bits per heavy atom. The molecule has 0 unspecified atom stereocenters. The average Bonchev–Trinajstić information content (AvgIpc) is 3.30. The molecule has 1 heterocycles. The van der Waals surface area contributed by atoms with E-state index < -0.39 is 33.5 Å². The van der Waals surface area contributed by atoms with Crippen LogP contribution in [0.5, 0.6) is 0 Å². The summed E-state index contributed by atoms with van der Waals surface area (Å²) in [6.45, 7) is 7.64. The first-order chi connectivity index (χ1) is 19.8. The highest BCUT2D eigenvalue weighted by molar-refractivity contribution is 7.91. The van der Waals surface area contributed by atoms with Crippen LogP contribution in [-0.2, 0) is 20.8 Å². The quantitative estimate of drug-likeness (QED) is 0.403. The minimum absolute atomic E-state index is 0.0960. The van der Waals surface area contributed by atoms with E-state index in [0.29, 0.717) is 31.8 Å². The molecule has 2 amide bonds. The Morgan fingerprint density at radius 3 is 2.43 bits per heavy atom. The summed E-state index contributed by atoms with van der Waals surface area (Å²) in [5.74, 6) is -1.48. The van der Waals surface area contributed by atoms with Crippen LogP contribution in [0.1, 0.15) is 68.8 Å². The number of amides is 2. The van der Waals surface area contributed by atoms with E-state index in [-0.39, 0.29) is 40.1 Å². The number of carbonyl (C=O) groups is 2. The molecule has 4 rings (SSSR count). The highest BCUT2D eigenvalue weighted by Gasteiger charge is 2.44. The SMILES string of the molecule is CCCN(C(C)C)[C@@H]1CC[C@H](N2CC[C@H](NC(=O)c3cccc(C(F)(F)F)c3)C2=O)[C@@H](CS(=O)(=O)c2ccccc2)C1. The number of nitrogens with one attached hydrogen (secondary N) is 1. The van der Waals surface area contributed by atoms with Gasteiger partial charge in [-0.15, -0.1) is 0 Å². The number of halogens is 3. The lowest BCUT2D eigenvalue weighted by Gasteiger charge is -2.45. The largest absolute Gasteiger partial charge is 0.416 e. The van der Waals surface area contributed by atoms with Crippen LogP contribution in [0.2, 0.25) is 0 Å². The summed E-state index contributed by atoms with van der Waals surface area (Å²) in [6.07, 6.45) is -1.24. The molecule has 0 bridgehead atoms. The van der Waals surface area contributed by atoms with E-state index in [0.717, 1.165) is 37.6 Å². The minimum atomic E-state index is -4.59. The zero-order valence-corrected chi connectivity index (χ0v) is 25.1. The van der Waals surface area contributed by atoms with Crippen molar-refractivity contribution >= 4 is 21.7 Å². The molecule has 1 N–H and O–H groups in total. The van der Waals surface area contributed by atoms with Crippen LogP contribution in [0.25, 0.3) is 0 Å². The molecule has 2 aromatic rings. The Labute approximate surface area is 246 Å². The van der Waals surface area contributed by atoms with Crippen LogP contribution in [0, 0.1) is 5.92 Å². The first-order valence-electron chi connectivity index (χ1n) is 14.6. The van der Waals surface area contributed by atoms with Crippen LogP contribution in [0.3, 0.4) is 0 Å². The molecule has 42 heavy (non-hydrogen) atoms. The zero-order valence-electron chi connectivity index (χ0n) is 24.3. The highest BCUT2D eigenvalue weighted by Crippen LogP contribution is 2.36. The van der Waals surface area contributed by atoms with Crippen molar-refractivity contribution in [3.8, 4) is 0 Å². The van der Waals surface area contributed by atoms with Crippen LogP contribution >= 0.6 is 0 Å². The normalized spacial score (nSPS) is 23.5. The summed E-state index contributed by atoms with van der Waals surface area (Å²) in [6, 6.07) is 11.7. The van der Waals surface area contributed by atoms with Gasteiger partial charge in [-0.05, 0) is 88.7 Å². The Morgan fingerprint density at radius 2 is 1.79 bits per heavy atom. The third-order valence-corrected chi connectivity index (χ3v) is 10.3. The monoisotopic (exact) mass is 607 g/mol. The summed E-state index contributed by atoms with van der Waals surface area (Å²) >= 11 is 0. The third kappa shape index (κ3) is 7.34. The Bertz CT molecular complexity index is 1350. The molecule has 2 fully saturated rings. The van der Waals surface area contributed by atoms with Gasteiger partial charge in [-0.3, -0.25) is 14.5 Å². The van der Waals surface area contributed by atoms with Crippen LogP contribution in [0.4, 0.5) is 13.2 Å². The van der Waals surface area contributed by atoms with Gasteiger partial charge in [0.1, 0.15) is 6.04 Å². The Balaban J connectivity index is 1.53. The van der Waals surface area contributed by atoms with Gasteiger partial charge < -0.3 is 10.2 Å². The van der Waals surface area contributed by atoms with E-state index in [9.17, 15) is 31.2 Å². The predicted octanol–water partition coefficient (Wildman–Crippen LogP) is 5.17. The molecule has 11 heteroatoms. The Kier molecular flexibility index (Phi) is 10.0. The summed E-state index contributed by atoms with van der Waals surface area (Å²) < 4.78 is 66.4. The highest BCUT2D eigenvalue weighted by atomic mass is 32.2. The maximum absolute atomic E-state index is 13.6. The number of sulfone groups is 1. The maximum Gasteiger partial charge on any atom is 0.416 e. The second-order valence-corrected chi connectivity index (χ2v) is 13.7. The number of alkyl halides is 3. The summed E-state index contributed by atoms with van der Waals surface area (Å²) in [7, 11) is -3.62. The molecule has 4 atom stereocenters. The van der Waals surface area contributed by atoms with Crippen molar-refractivity contribution in [1.82, 2.24) is 15.1 Å². The number of nitrogens with zero attached hydrogens (tertiary/aromatic N) is 2. The molecular weight excluding hydrogens is 567 g/mol. The van der Waals surface area contributed by atoms with Gasteiger partial charge in [0.25, 0.3) is 5.91 Å². The molecule has 0 aromatic heterocycles. The predicted molar refractivity (Wildman–Crippen MR) is 155 cm³/mol. The number of rotatable bonds is 10. The molecule has 1 aliphatic carbocycles. The smallest absolute Gasteiger partial charge is 0.340 e. The fourth-order valence-electron chi connectivity index (χ4n) is 6.48. The molecule has 7 nitrogen and oxygen atoms in total. The Hall–Kier alpha value is -2.92. The van der Waals surface area contributed by atoms with Gasteiger partial charge in [0.2, 0.25) is 5.91 Å². The summed E-state index contributed by atoms with van der Waals surface area (Å²) in [5, 5.41) is 2.62. The standard InChI is InChI=1S/C31H40F3N3O4S/c1-4-16-36(21(2)3)25-13-14-28(23(19-25)20-42(40,41)26-11-6-5-7-12-26)37-17-15-27(30(37)39)35-29(38)22-9-8-10-24(18-22)31(32,33)34/h5-12,18,21,23,25,27-28H,4,13-17,19-20H2,1-3H3,(H,35,38)/t23-,25-,27+,28+/m1/s1. The van der Waals surface area contributed by atoms with E-state index in [1.165, 1.54) is 6.07 Å².